The number of carbonyl (C=O) groups excluding carboxylic acids is 1. The number of nitrogens with zero attached hydrogens (tertiary/aromatic N) is 1. The molecule has 3 aromatic rings. The van der Waals surface area contributed by atoms with Gasteiger partial charge in [0, 0.05) is 18.3 Å². The molecule has 0 unspecified atom stereocenters. The molecule has 0 aliphatic rings. The van der Waals surface area contributed by atoms with Gasteiger partial charge in [0.1, 0.15) is 5.82 Å². The van der Waals surface area contributed by atoms with Crippen molar-refractivity contribution in [3.05, 3.63) is 89.6 Å². The number of carbonyl (C=O) groups is 1. The van der Waals surface area contributed by atoms with E-state index in [1.807, 2.05) is 30.3 Å². The summed E-state index contributed by atoms with van der Waals surface area (Å²) in [4.78, 5) is 16.6. The summed E-state index contributed by atoms with van der Waals surface area (Å²) in [7, 11) is 0. The first-order valence-electron chi connectivity index (χ1n) is 8.65. The predicted octanol–water partition coefficient (Wildman–Crippen LogP) is 5.01. The van der Waals surface area contributed by atoms with E-state index in [0.29, 0.717) is 12.4 Å². The fraction of sp³-hybridized carbons (Fsp3) is 0.143. The molecule has 0 aliphatic carbocycles. The average molecular weight is 385 g/mol. The van der Waals surface area contributed by atoms with E-state index >= 15 is 0 Å². The Hall–Kier alpha value is -3.35. The number of halogens is 3. The summed E-state index contributed by atoms with van der Waals surface area (Å²) in [5, 5.41) is 5.44. The normalized spacial score (nSPS) is 11.1. The van der Waals surface area contributed by atoms with E-state index < -0.39 is 17.6 Å². The van der Waals surface area contributed by atoms with Crippen LogP contribution in [0.25, 0.3) is 0 Å². The largest absolute Gasteiger partial charge is 0.418 e. The molecule has 2 aromatic carbocycles. The second-order valence-corrected chi connectivity index (χ2v) is 6.09. The summed E-state index contributed by atoms with van der Waals surface area (Å²) in [5.41, 5.74) is 0.204. The summed E-state index contributed by atoms with van der Waals surface area (Å²) >= 11 is 0. The number of benzene rings is 2. The van der Waals surface area contributed by atoms with E-state index in [4.69, 9.17) is 0 Å². The number of pyridine rings is 1. The highest BCUT2D eigenvalue weighted by Gasteiger charge is 2.33. The molecule has 1 heterocycles. The highest BCUT2D eigenvalue weighted by atomic mass is 19.4. The first kappa shape index (κ1) is 19.4. The lowest BCUT2D eigenvalue weighted by atomic mass is 10.1. The summed E-state index contributed by atoms with van der Waals surface area (Å²) in [5.74, 6) is -0.155. The zero-order valence-corrected chi connectivity index (χ0v) is 14.8. The van der Waals surface area contributed by atoms with Gasteiger partial charge in [-0.2, -0.15) is 13.2 Å². The fourth-order valence-electron chi connectivity index (χ4n) is 2.68. The van der Waals surface area contributed by atoms with Gasteiger partial charge in [-0.3, -0.25) is 4.79 Å². The number of anilines is 2. The Morgan fingerprint density at radius 2 is 1.68 bits per heavy atom. The van der Waals surface area contributed by atoms with E-state index in [1.165, 1.54) is 36.5 Å². The molecule has 2 N–H and O–H groups in total. The quantitative estimate of drug-likeness (QED) is 0.627. The zero-order valence-electron chi connectivity index (χ0n) is 14.8. The fourth-order valence-corrected chi connectivity index (χ4v) is 2.68. The van der Waals surface area contributed by atoms with Gasteiger partial charge in [-0.1, -0.05) is 42.5 Å². The number of amides is 1. The minimum Gasteiger partial charge on any atom is -0.370 e. The monoisotopic (exact) mass is 385 g/mol. The van der Waals surface area contributed by atoms with Crippen LogP contribution in [0, 0.1) is 0 Å². The van der Waals surface area contributed by atoms with Crippen LogP contribution in [0.15, 0.2) is 72.9 Å². The van der Waals surface area contributed by atoms with Gasteiger partial charge in [0.2, 0.25) is 0 Å². The van der Waals surface area contributed by atoms with Crippen molar-refractivity contribution in [1.82, 2.24) is 4.98 Å². The molecular formula is C21H18F3N3O. The van der Waals surface area contributed by atoms with Crippen molar-refractivity contribution in [3.63, 3.8) is 0 Å². The zero-order chi connectivity index (χ0) is 20.0. The lowest BCUT2D eigenvalue weighted by Crippen LogP contribution is -2.17. The van der Waals surface area contributed by atoms with Crippen LogP contribution in [0.2, 0.25) is 0 Å². The maximum atomic E-state index is 13.1. The average Bonchev–Trinajstić information content (AvgIpc) is 2.69. The van der Waals surface area contributed by atoms with Crippen LogP contribution in [0.4, 0.5) is 24.7 Å². The maximum Gasteiger partial charge on any atom is 0.418 e. The molecule has 0 aliphatic heterocycles. The van der Waals surface area contributed by atoms with E-state index in [1.54, 1.807) is 0 Å². The minimum absolute atomic E-state index is 0.217. The summed E-state index contributed by atoms with van der Waals surface area (Å²) in [6.45, 7) is 0.610. The second kappa shape index (κ2) is 8.56. The van der Waals surface area contributed by atoms with Crippen molar-refractivity contribution < 1.29 is 18.0 Å². The van der Waals surface area contributed by atoms with Gasteiger partial charge in [0.25, 0.3) is 5.91 Å². The number of hydrogen-bond acceptors (Lipinski definition) is 3. The van der Waals surface area contributed by atoms with Gasteiger partial charge >= 0.3 is 6.18 Å². The number of alkyl halides is 3. The SMILES string of the molecule is O=C(Nc1ccccc1C(F)(F)F)c1ccnc(NCCc2ccccc2)c1. The van der Waals surface area contributed by atoms with Gasteiger partial charge in [0.15, 0.2) is 0 Å². The molecule has 0 bridgehead atoms. The van der Waals surface area contributed by atoms with E-state index in [9.17, 15) is 18.0 Å². The Morgan fingerprint density at radius 1 is 0.964 bits per heavy atom. The Labute approximate surface area is 160 Å². The molecule has 28 heavy (non-hydrogen) atoms. The van der Waals surface area contributed by atoms with Crippen LogP contribution < -0.4 is 10.6 Å². The lowest BCUT2D eigenvalue weighted by molar-refractivity contribution is -0.136. The van der Waals surface area contributed by atoms with Crippen molar-refractivity contribution in [2.24, 2.45) is 0 Å². The van der Waals surface area contributed by atoms with E-state index in [-0.39, 0.29) is 11.3 Å². The first-order chi connectivity index (χ1) is 13.4. The smallest absolute Gasteiger partial charge is 0.370 e. The molecular weight excluding hydrogens is 367 g/mol. The maximum absolute atomic E-state index is 13.1. The van der Waals surface area contributed by atoms with Crippen molar-refractivity contribution >= 4 is 17.4 Å². The first-order valence-corrected chi connectivity index (χ1v) is 8.65. The molecule has 0 saturated carbocycles. The summed E-state index contributed by atoms with van der Waals surface area (Å²) in [6.07, 6.45) is -2.33. The van der Waals surface area contributed by atoms with E-state index in [2.05, 4.69) is 15.6 Å². The van der Waals surface area contributed by atoms with Crippen LogP contribution in [0.5, 0.6) is 0 Å². The van der Waals surface area contributed by atoms with Gasteiger partial charge in [-0.05, 0) is 36.2 Å². The molecule has 0 fully saturated rings. The molecule has 144 valence electrons. The van der Waals surface area contributed by atoms with Crippen LogP contribution in [-0.4, -0.2) is 17.4 Å². The second-order valence-electron chi connectivity index (χ2n) is 6.09. The number of rotatable bonds is 6. The van der Waals surface area contributed by atoms with Gasteiger partial charge in [-0.25, -0.2) is 4.98 Å². The molecule has 3 rings (SSSR count). The Bertz CT molecular complexity index is 943. The predicted molar refractivity (Wildman–Crippen MR) is 102 cm³/mol. The van der Waals surface area contributed by atoms with Crippen LogP contribution >= 0.6 is 0 Å². The third-order valence-electron chi connectivity index (χ3n) is 4.07. The van der Waals surface area contributed by atoms with Crippen LogP contribution in [0.3, 0.4) is 0 Å². The number of aromatic nitrogens is 1. The molecule has 7 heteroatoms. The molecule has 0 spiro atoms. The third kappa shape index (κ3) is 5.09. The summed E-state index contributed by atoms with van der Waals surface area (Å²) < 4.78 is 39.2. The standard InChI is InChI=1S/C21H18F3N3O/c22-21(23,24)17-8-4-5-9-18(17)27-20(28)16-11-13-26-19(14-16)25-12-10-15-6-2-1-3-7-15/h1-9,11,13-14H,10,12H2,(H,25,26)(H,27,28). The third-order valence-corrected chi connectivity index (χ3v) is 4.07. The molecule has 1 amide bonds. The Kier molecular flexibility index (Phi) is 5.93. The van der Waals surface area contributed by atoms with Crippen LogP contribution in [0.1, 0.15) is 21.5 Å². The lowest BCUT2D eigenvalue weighted by Gasteiger charge is -2.14. The number of nitrogens with one attached hydrogen (secondary N) is 2. The highest BCUT2D eigenvalue weighted by molar-refractivity contribution is 6.05. The Morgan fingerprint density at radius 3 is 2.43 bits per heavy atom. The Balaban J connectivity index is 1.66. The van der Waals surface area contributed by atoms with Gasteiger partial charge in [-0.15, -0.1) is 0 Å². The molecule has 1 aromatic heterocycles. The van der Waals surface area contributed by atoms with Crippen molar-refractivity contribution in [2.75, 3.05) is 17.2 Å². The topological polar surface area (TPSA) is 54.0 Å². The summed E-state index contributed by atoms with van der Waals surface area (Å²) in [6, 6.07) is 17.7. The van der Waals surface area contributed by atoms with Crippen molar-refractivity contribution in [2.45, 2.75) is 12.6 Å². The minimum atomic E-state index is -4.55. The van der Waals surface area contributed by atoms with Gasteiger partial charge in [0.05, 0.1) is 11.3 Å². The van der Waals surface area contributed by atoms with Crippen molar-refractivity contribution in [3.8, 4) is 0 Å². The molecule has 4 nitrogen and oxygen atoms in total. The molecule has 0 saturated heterocycles. The van der Waals surface area contributed by atoms with Crippen LogP contribution in [-0.2, 0) is 12.6 Å². The molecule has 0 radical (unpaired) electrons. The van der Waals surface area contributed by atoms with Gasteiger partial charge < -0.3 is 10.6 Å². The number of para-hydroxylation sites is 1. The van der Waals surface area contributed by atoms with E-state index in [0.717, 1.165) is 18.1 Å². The number of hydrogen-bond donors (Lipinski definition) is 2. The highest BCUT2D eigenvalue weighted by Crippen LogP contribution is 2.34. The van der Waals surface area contributed by atoms with Crippen molar-refractivity contribution in [1.29, 1.82) is 0 Å². The molecule has 0 atom stereocenters.